The quantitative estimate of drug-likeness (QED) is 0.579. The molecular formula is C11H18N6S. The van der Waals surface area contributed by atoms with Crippen molar-refractivity contribution in [1.82, 2.24) is 30.0 Å². The Kier molecular flexibility index (Phi) is 4.77. The third kappa shape index (κ3) is 3.85. The van der Waals surface area contributed by atoms with E-state index in [1.165, 1.54) is 6.33 Å². The van der Waals surface area contributed by atoms with Crippen LogP contribution >= 0.6 is 11.8 Å². The van der Waals surface area contributed by atoms with E-state index in [1.54, 1.807) is 11.8 Å². The number of thioether (sulfide) groups is 1. The maximum atomic E-state index is 4.21. The zero-order chi connectivity index (χ0) is 12.8. The summed E-state index contributed by atoms with van der Waals surface area (Å²) in [4.78, 5) is 8.27. The number of aromatic nitrogens is 5. The first-order chi connectivity index (χ1) is 8.75. The van der Waals surface area contributed by atoms with E-state index in [4.69, 9.17) is 0 Å². The van der Waals surface area contributed by atoms with Gasteiger partial charge in [0.25, 0.3) is 0 Å². The largest absolute Gasteiger partial charge is 0.334 e. The van der Waals surface area contributed by atoms with Gasteiger partial charge in [-0.2, -0.15) is 5.10 Å². The van der Waals surface area contributed by atoms with Crippen LogP contribution in [-0.2, 0) is 6.54 Å². The second kappa shape index (κ2) is 6.55. The SMILES string of the molecule is Cc1nccn1CC(C)NCCSc1ncn[nH]1. The summed E-state index contributed by atoms with van der Waals surface area (Å²) in [7, 11) is 0. The van der Waals surface area contributed by atoms with E-state index in [0.717, 1.165) is 29.8 Å². The molecule has 0 radical (unpaired) electrons. The molecule has 0 bridgehead atoms. The van der Waals surface area contributed by atoms with Crippen molar-refractivity contribution in [3.63, 3.8) is 0 Å². The molecule has 0 saturated carbocycles. The van der Waals surface area contributed by atoms with Gasteiger partial charge in [-0.25, -0.2) is 9.97 Å². The molecule has 0 saturated heterocycles. The van der Waals surface area contributed by atoms with Crippen LogP contribution in [0, 0.1) is 6.92 Å². The Balaban J connectivity index is 1.63. The van der Waals surface area contributed by atoms with Crippen LogP contribution in [0.5, 0.6) is 0 Å². The number of imidazole rings is 1. The minimum Gasteiger partial charge on any atom is -0.334 e. The van der Waals surface area contributed by atoms with E-state index in [9.17, 15) is 0 Å². The van der Waals surface area contributed by atoms with Gasteiger partial charge in [0, 0.05) is 37.3 Å². The van der Waals surface area contributed by atoms with E-state index in [2.05, 4.69) is 37.0 Å². The number of H-pyrrole nitrogens is 1. The van der Waals surface area contributed by atoms with Crippen LogP contribution in [-0.4, -0.2) is 43.1 Å². The zero-order valence-electron chi connectivity index (χ0n) is 10.6. The predicted octanol–water partition coefficient (Wildman–Crippen LogP) is 1.08. The van der Waals surface area contributed by atoms with E-state index in [1.807, 2.05) is 19.3 Å². The lowest BCUT2D eigenvalue weighted by Gasteiger charge is -2.15. The van der Waals surface area contributed by atoms with Gasteiger partial charge in [0.15, 0.2) is 5.16 Å². The molecule has 0 aliphatic carbocycles. The number of rotatable bonds is 7. The fraction of sp³-hybridized carbons (Fsp3) is 0.545. The summed E-state index contributed by atoms with van der Waals surface area (Å²) in [6, 6.07) is 0.424. The van der Waals surface area contributed by atoms with Crippen LogP contribution in [0.15, 0.2) is 23.9 Å². The second-order valence-corrected chi connectivity index (χ2v) is 5.20. The van der Waals surface area contributed by atoms with Crippen LogP contribution < -0.4 is 5.32 Å². The first kappa shape index (κ1) is 13.1. The highest BCUT2D eigenvalue weighted by atomic mass is 32.2. The average molecular weight is 266 g/mol. The molecule has 2 aromatic rings. The molecule has 0 fully saturated rings. The topological polar surface area (TPSA) is 71.4 Å². The fourth-order valence-corrected chi connectivity index (χ4v) is 2.33. The molecule has 6 nitrogen and oxygen atoms in total. The number of hydrogen-bond donors (Lipinski definition) is 2. The summed E-state index contributed by atoms with van der Waals surface area (Å²) in [5.74, 6) is 2.03. The standard InChI is InChI=1S/C11H18N6S/c1-9(7-17-5-3-13-10(17)2)12-4-6-18-11-14-8-15-16-11/h3,5,8-9,12H,4,6-7H2,1-2H3,(H,14,15,16). The van der Waals surface area contributed by atoms with Crippen molar-refractivity contribution < 1.29 is 0 Å². The van der Waals surface area contributed by atoms with Crippen molar-refractivity contribution in [2.45, 2.75) is 31.6 Å². The summed E-state index contributed by atoms with van der Waals surface area (Å²) in [6.45, 7) is 6.09. The molecule has 18 heavy (non-hydrogen) atoms. The maximum absolute atomic E-state index is 4.21. The van der Waals surface area contributed by atoms with E-state index in [-0.39, 0.29) is 0 Å². The Morgan fingerprint density at radius 2 is 2.39 bits per heavy atom. The Bertz CT molecular complexity index is 452. The fourth-order valence-electron chi connectivity index (χ4n) is 1.67. The van der Waals surface area contributed by atoms with Gasteiger partial charge in [-0.1, -0.05) is 11.8 Å². The van der Waals surface area contributed by atoms with Crippen LogP contribution in [0.2, 0.25) is 0 Å². The van der Waals surface area contributed by atoms with Gasteiger partial charge >= 0.3 is 0 Å². The number of aromatic amines is 1. The first-order valence-electron chi connectivity index (χ1n) is 5.95. The summed E-state index contributed by atoms with van der Waals surface area (Å²) >= 11 is 1.67. The van der Waals surface area contributed by atoms with Crippen LogP contribution in [0.1, 0.15) is 12.7 Å². The number of nitrogens with one attached hydrogen (secondary N) is 2. The van der Waals surface area contributed by atoms with E-state index >= 15 is 0 Å². The Morgan fingerprint density at radius 1 is 1.50 bits per heavy atom. The summed E-state index contributed by atoms with van der Waals surface area (Å²) in [5, 5.41) is 11.0. The van der Waals surface area contributed by atoms with Gasteiger partial charge in [-0.3, -0.25) is 5.10 Å². The number of aryl methyl sites for hydroxylation is 1. The van der Waals surface area contributed by atoms with Crippen LogP contribution in [0.4, 0.5) is 0 Å². The highest BCUT2D eigenvalue weighted by Gasteiger charge is 2.04. The highest BCUT2D eigenvalue weighted by Crippen LogP contribution is 2.09. The summed E-state index contributed by atoms with van der Waals surface area (Å²) in [5.41, 5.74) is 0. The minimum absolute atomic E-state index is 0.424. The van der Waals surface area contributed by atoms with Gasteiger partial charge in [-0.05, 0) is 13.8 Å². The molecule has 0 aromatic carbocycles. The maximum Gasteiger partial charge on any atom is 0.183 e. The van der Waals surface area contributed by atoms with Gasteiger partial charge in [0.2, 0.25) is 0 Å². The van der Waals surface area contributed by atoms with Crippen molar-refractivity contribution in [2.75, 3.05) is 12.3 Å². The molecule has 2 N–H and O–H groups in total. The molecule has 0 amide bonds. The van der Waals surface area contributed by atoms with Crippen LogP contribution in [0.25, 0.3) is 0 Å². The van der Waals surface area contributed by atoms with Gasteiger partial charge in [-0.15, -0.1) is 0 Å². The molecule has 2 heterocycles. The summed E-state index contributed by atoms with van der Waals surface area (Å²) < 4.78 is 2.15. The lowest BCUT2D eigenvalue weighted by Crippen LogP contribution is -2.32. The van der Waals surface area contributed by atoms with Gasteiger partial charge in [0.1, 0.15) is 12.2 Å². The molecular weight excluding hydrogens is 248 g/mol. The third-order valence-corrected chi connectivity index (χ3v) is 3.50. The van der Waals surface area contributed by atoms with Crippen molar-refractivity contribution in [3.8, 4) is 0 Å². The molecule has 0 spiro atoms. The van der Waals surface area contributed by atoms with Crippen molar-refractivity contribution >= 4 is 11.8 Å². The first-order valence-corrected chi connectivity index (χ1v) is 6.93. The molecule has 1 atom stereocenters. The second-order valence-electron chi connectivity index (χ2n) is 4.12. The predicted molar refractivity (Wildman–Crippen MR) is 71.5 cm³/mol. The normalized spacial score (nSPS) is 12.8. The third-order valence-electron chi connectivity index (χ3n) is 2.62. The Morgan fingerprint density at radius 3 is 3.06 bits per heavy atom. The van der Waals surface area contributed by atoms with Crippen LogP contribution in [0.3, 0.4) is 0 Å². The Hall–Kier alpha value is -1.34. The Labute approximate surface area is 111 Å². The lowest BCUT2D eigenvalue weighted by molar-refractivity contribution is 0.485. The van der Waals surface area contributed by atoms with E-state index in [0.29, 0.717) is 6.04 Å². The highest BCUT2D eigenvalue weighted by molar-refractivity contribution is 7.99. The van der Waals surface area contributed by atoms with E-state index < -0.39 is 0 Å². The average Bonchev–Trinajstić information content (AvgIpc) is 2.98. The van der Waals surface area contributed by atoms with Gasteiger partial charge < -0.3 is 9.88 Å². The molecule has 98 valence electrons. The lowest BCUT2D eigenvalue weighted by atomic mass is 10.3. The monoisotopic (exact) mass is 266 g/mol. The zero-order valence-corrected chi connectivity index (χ0v) is 11.4. The molecule has 2 aromatic heterocycles. The van der Waals surface area contributed by atoms with Gasteiger partial charge in [0.05, 0.1) is 0 Å². The smallest absolute Gasteiger partial charge is 0.183 e. The molecule has 0 aliphatic heterocycles. The summed E-state index contributed by atoms with van der Waals surface area (Å²) in [6.07, 6.45) is 5.37. The van der Waals surface area contributed by atoms with Crippen molar-refractivity contribution in [2.24, 2.45) is 0 Å². The molecule has 1 unspecified atom stereocenters. The van der Waals surface area contributed by atoms with Crippen molar-refractivity contribution in [3.05, 3.63) is 24.5 Å². The van der Waals surface area contributed by atoms with Crippen molar-refractivity contribution in [1.29, 1.82) is 0 Å². The number of nitrogens with zero attached hydrogens (tertiary/aromatic N) is 4. The molecule has 0 aliphatic rings. The molecule has 2 rings (SSSR count). The minimum atomic E-state index is 0.424. The molecule has 7 heteroatoms. The number of hydrogen-bond acceptors (Lipinski definition) is 5.